The Labute approximate surface area is 134 Å². The van der Waals surface area contributed by atoms with Crippen LogP contribution in [0.4, 0.5) is 15.9 Å². The highest BCUT2D eigenvalue weighted by atomic mass is 19.1. The molecule has 122 valence electrons. The maximum atomic E-state index is 13.5. The molecule has 1 aromatic heterocycles. The van der Waals surface area contributed by atoms with Crippen molar-refractivity contribution in [3.05, 3.63) is 47.9 Å². The average molecular weight is 317 g/mol. The van der Waals surface area contributed by atoms with Gasteiger partial charge >= 0.3 is 0 Å². The lowest BCUT2D eigenvalue weighted by Crippen LogP contribution is -2.17. The van der Waals surface area contributed by atoms with Crippen LogP contribution in [0, 0.1) is 5.82 Å². The van der Waals surface area contributed by atoms with Crippen LogP contribution in [0.1, 0.15) is 16.9 Å². The first kappa shape index (κ1) is 16.8. The Morgan fingerprint density at radius 3 is 2.61 bits per heavy atom. The third-order valence-corrected chi connectivity index (χ3v) is 3.11. The minimum absolute atomic E-state index is 0.116. The molecule has 0 aliphatic heterocycles. The van der Waals surface area contributed by atoms with Crippen LogP contribution in [-0.2, 0) is 0 Å². The molecule has 0 saturated heterocycles. The second-order valence-electron chi connectivity index (χ2n) is 5.32. The van der Waals surface area contributed by atoms with E-state index in [1.165, 1.54) is 12.1 Å². The minimum Gasteiger partial charge on any atom is -0.369 e. The molecule has 0 spiro atoms. The van der Waals surface area contributed by atoms with E-state index in [2.05, 4.69) is 25.7 Å². The molecule has 2 rings (SSSR count). The third-order valence-electron chi connectivity index (χ3n) is 3.11. The van der Waals surface area contributed by atoms with Crippen molar-refractivity contribution in [1.82, 2.24) is 15.1 Å². The van der Waals surface area contributed by atoms with Crippen LogP contribution in [0.25, 0.3) is 0 Å². The van der Waals surface area contributed by atoms with E-state index < -0.39 is 11.7 Å². The molecule has 0 radical (unpaired) electrons. The van der Waals surface area contributed by atoms with Crippen LogP contribution in [0.2, 0.25) is 0 Å². The van der Waals surface area contributed by atoms with Crippen LogP contribution < -0.4 is 10.6 Å². The van der Waals surface area contributed by atoms with Gasteiger partial charge in [0.25, 0.3) is 5.91 Å². The van der Waals surface area contributed by atoms with E-state index in [9.17, 15) is 9.18 Å². The number of rotatable bonds is 7. The summed E-state index contributed by atoms with van der Waals surface area (Å²) in [5.41, 5.74) is 0.247. The Morgan fingerprint density at radius 1 is 1.17 bits per heavy atom. The van der Waals surface area contributed by atoms with Crippen molar-refractivity contribution >= 4 is 17.4 Å². The molecular formula is C16H20FN5O. The largest absolute Gasteiger partial charge is 0.369 e. The molecular weight excluding hydrogens is 297 g/mol. The molecule has 0 bridgehead atoms. The van der Waals surface area contributed by atoms with Crippen molar-refractivity contribution in [2.24, 2.45) is 0 Å². The zero-order chi connectivity index (χ0) is 16.7. The number of anilines is 2. The number of hydrogen-bond acceptors (Lipinski definition) is 5. The monoisotopic (exact) mass is 317 g/mol. The Morgan fingerprint density at radius 2 is 1.96 bits per heavy atom. The summed E-state index contributed by atoms with van der Waals surface area (Å²) in [5, 5.41) is 13.4. The minimum atomic E-state index is -0.498. The first-order valence-electron chi connectivity index (χ1n) is 7.34. The number of carbonyl (C=O) groups excluding carboxylic acids is 1. The standard InChI is InChI=1S/C16H20FN5O/c1-22(2)11-5-10-18-15-9-8-14(20-21-15)16(23)19-13-7-4-3-6-12(13)17/h3-4,6-9H,5,10-11H2,1-2H3,(H,18,21)(H,19,23). The lowest BCUT2D eigenvalue weighted by Gasteiger charge is -2.10. The maximum Gasteiger partial charge on any atom is 0.276 e. The first-order valence-corrected chi connectivity index (χ1v) is 7.34. The van der Waals surface area contributed by atoms with Gasteiger partial charge in [-0.15, -0.1) is 10.2 Å². The quantitative estimate of drug-likeness (QED) is 0.766. The van der Waals surface area contributed by atoms with Gasteiger partial charge in [-0.3, -0.25) is 4.79 Å². The number of amides is 1. The number of carbonyl (C=O) groups is 1. The molecule has 0 unspecified atom stereocenters. The van der Waals surface area contributed by atoms with E-state index in [0.717, 1.165) is 19.5 Å². The van der Waals surface area contributed by atoms with Crippen molar-refractivity contribution in [3.8, 4) is 0 Å². The van der Waals surface area contributed by atoms with Gasteiger partial charge in [-0.25, -0.2) is 4.39 Å². The van der Waals surface area contributed by atoms with Gasteiger partial charge in [-0.2, -0.15) is 0 Å². The maximum absolute atomic E-state index is 13.5. The number of halogens is 1. The second-order valence-corrected chi connectivity index (χ2v) is 5.32. The summed E-state index contributed by atoms with van der Waals surface area (Å²) in [7, 11) is 4.03. The smallest absolute Gasteiger partial charge is 0.276 e. The van der Waals surface area contributed by atoms with E-state index in [1.54, 1.807) is 24.3 Å². The number of aromatic nitrogens is 2. The fourth-order valence-electron chi connectivity index (χ4n) is 1.91. The van der Waals surface area contributed by atoms with Crippen molar-refractivity contribution in [3.63, 3.8) is 0 Å². The lowest BCUT2D eigenvalue weighted by atomic mass is 10.3. The van der Waals surface area contributed by atoms with E-state index >= 15 is 0 Å². The molecule has 0 aliphatic carbocycles. The van der Waals surface area contributed by atoms with Crippen LogP contribution in [-0.4, -0.2) is 48.2 Å². The van der Waals surface area contributed by atoms with Crippen LogP contribution in [0.3, 0.4) is 0 Å². The highest BCUT2D eigenvalue weighted by Crippen LogP contribution is 2.13. The molecule has 1 heterocycles. The number of hydrogen-bond donors (Lipinski definition) is 2. The van der Waals surface area contributed by atoms with E-state index in [0.29, 0.717) is 5.82 Å². The SMILES string of the molecule is CN(C)CCCNc1ccc(C(=O)Nc2ccccc2F)nn1. The Bertz CT molecular complexity index is 645. The normalized spacial score (nSPS) is 10.6. The summed E-state index contributed by atoms with van der Waals surface area (Å²) in [6.45, 7) is 1.75. The third kappa shape index (κ3) is 5.30. The molecule has 0 aliphatic rings. The summed E-state index contributed by atoms with van der Waals surface area (Å²) in [4.78, 5) is 14.1. The molecule has 6 nitrogen and oxygen atoms in total. The summed E-state index contributed by atoms with van der Waals surface area (Å²) in [5.74, 6) is -0.388. The van der Waals surface area contributed by atoms with E-state index in [4.69, 9.17) is 0 Å². The van der Waals surface area contributed by atoms with Gasteiger partial charge in [0.1, 0.15) is 11.6 Å². The summed E-state index contributed by atoms with van der Waals surface area (Å²) >= 11 is 0. The van der Waals surface area contributed by atoms with Crippen molar-refractivity contribution in [2.75, 3.05) is 37.8 Å². The number of benzene rings is 1. The Hall–Kier alpha value is -2.54. The number of nitrogens with zero attached hydrogens (tertiary/aromatic N) is 3. The number of nitrogens with one attached hydrogen (secondary N) is 2. The second kappa shape index (κ2) is 8.19. The first-order chi connectivity index (χ1) is 11.1. The molecule has 2 N–H and O–H groups in total. The van der Waals surface area contributed by atoms with Gasteiger partial charge in [-0.1, -0.05) is 12.1 Å². The highest BCUT2D eigenvalue weighted by molar-refractivity contribution is 6.02. The zero-order valence-corrected chi connectivity index (χ0v) is 13.2. The Balaban J connectivity index is 1.89. The Kier molecular flexibility index (Phi) is 5.99. The van der Waals surface area contributed by atoms with E-state index in [-0.39, 0.29) is 11.4 Å². The van der Waals surface area contributed by atoms with E-state index in [1.807, 2.05) is 14.1 Å². The van der Waals surface area contributed by atoms with Crippen molar-refractivity contribution < 1.29 is 9.18 Å². The van der Waals surface area contributed by atoms with Crippen LogP contribution in [0.5, 0.6) is 0 Å². The predicted molar refractivity (Wildman–Crippen MR) is 88.0 cm³/mol. The van der Waals surface area contributed by atoms with Crippen LogP contribution >= 0.6 is 0 Å². The molecule has 2 aromatic rings. The molecule has 23 heavy (non-hydrogen) atoms. The molecule has 7 heteroatoms. The van der Waals surface area contributed by atoms with Crippen molar-refractivity contribution in [2.45, 2.75) is 6.42 Å². The number of para-hydroxylation sites is 1. The van der Waals surface area contributed by atoms with Gasteiger partial charge in [0.2, 0.25) is 0 Å². The van der Waals surface area contributed by atoms with Crippen LogP contribution in [0.15, 0.2) is 36.4 Å². The van der Waals surface area contributed by atoms with Gasteiger partial charge in [-0.05, 0) is 51.3 Å². The molecule has 0 atom stereocenters. The van der Waals surface area contributed by atoms with Crippen molar-refractivity contribution in [1.29, 1.82) is 0 Å². The van der Waals surface area contributed by atoms with Gasteiger partial charge in [0, 0.05) is 6.54 Å². The van der Waals surface area contributed by atoms with Gasteiger partial charge in [0.05, 0.1) is 5.69 Å². The molecule has 1 aromatic carbocycles. The zero-order valence-electron chi connectivity index (χ0n) is 13.2. The molecule has 1 amide bonds. The highest BCUT2D eigenvalue weighted by Gasteiger charge is 2.10. The topological polar surface area (TPSA) is 70.2 Å². The van der Waals surface area contributed by atoms with Gasteiger partial charge < -0.3 is 15.5 Å². The van der Waals surface area contributed by atoms with Gasteiger partial charge in [0.15, 0.2) is 5.69 Å². The summed E-state index contributed by atoms with van der Waals surface area (Å²) in [6.07, 6.45) is 0.976. The molecule has 0 fully saturated rings. The summed E-state index contributed by atoms with van der Waals surface area (Å²) < 4.78 is 13.5. The predicted octanol–water partition coefficient (Wildman–Crippen LogP) is 2.23. The average Bonchev–Trinajstić information content (AvgIpc) is 2.54. The molecule has 0 saturated carbocycles. The fourth-order valence-corrected chi connectivity index (χ4v) is 1.91. The summed E-state index contributed by atoms with van der Waals surface area (Å²) in [6, 6.07) is 9.20. The fraction of sp³-hybridized carbons (Fsp3) is 0.312. The lowest BCUT2D eigenvalue weighted by molar-refractivity contribution is 0.102.